The van der Waals surface area contributed by atoms with Crippen molar-refractivity contribution in [1.29, 1.82) is 0 Å². The van der Waals surface area contributed by atoms with Crippen LogP contribution in [0.1, 0.15) is 52.5 Å². The molecule has 7 nitrogen and oxygen atoms in total. The number of carbonyl (C=O) groups is 1. The second kappa shape index (κ2) is 11.1. The Morgan fingerprint density at radius 2 is 1.89 bits per heavy atom. The first-order chi connectivity index (χ1) is 12.6. The zero-order valence-electron chi connectivity index (χ0n) is 16.5. The SMILES string of the molecule is CCOC(=O)CCC([C@@H](CCc1ccccc1)NS(=O)C(C)(C)C)[N+](=O)[O-]. The van der Waals surface area contributed by atoms with Crippen molar-refractivity contribution in [2.75, 3.05) is 6.61 Å². The molecule has 1 N–H and O–H groups in total. The maximum atomic E-state index is 12.5. The normalized spacial score (nSPS) is 15.0. The molecule has 0 saturated carbocycles. The van der Waals surface area contributed by atoms with Crippen LogP contribution in [0.4, 0.5) is 0 Å². The zero-order valence-corrected chi connectivity index (χ0v) is 17.3. The minimum atomic E-state index is -1.45. The van der Waals surface area contributed by atoms with Crippen LogP contribution in [0.5, 0.6) is 0 Å². The summed E-state index contributed by atoms with van der Waals surface area (Å²) in [5.74, 6) is -0.455. The maximum Gasteiger partial charge on any atom is 0.306 e. The van der Waals surface area contributed by atoms with E-state index in [1.54, 1.807) is 6.92 Å². The first-order valence-corrected chi connectivity index (χ1v) is 10.3. The van der Waals surface area contributed by atoms with Crippen molar-refractivity contribution >= 4 is 17.0 Å². The minimum Gasteiger partial charge on any atom is -0.466 e. The molecule has 0 spiro atoms. The van der Waals surface area contributed by atoms with Gasteiger partial charge in [-0.1, -0.05) is 30.3 Å². The zero-order chi connectivity index (χ0) is 20.4. The van der Waals surface area contributed by atoms with Crippen LogP contribution in [0.2, 0.25) is 0 Å². The second-order valence-electron chi connectivity index (χ2n) is 7.33. The fourth-order valence-corrected chi connectivity index (χ4v) is 3.47. The molecule has 152 valence electrons. The number of benzene rings is 1. The number of esters is 1. The quantitative estimate of drug-likeness (QED) is 0.351. The summed E-state index contributed by atoms with van der Waals surface area (Å²) in [5.41, 5.74) is 1.05. The molecule has 1 aromatic rings. The van der Waals surface area contributed by atoms with Gasteiger partial charge in [0.25, 0.3) is 0 Å². The average molecular weight is 399 g/mol. The summed E-state index contributed by atoms with van der Waals surface area (Å²) in [6, 6.07) is 8.01. The van der Waals surface area contributed by atoms with E-state index in [-0.39, 0.29) is 24.4 Å². The summed E-state index contributed by atoms with van der Waals surface area (Å²) in [4.78, 5) is 22.9. The minimum absolute atomic E-state index is 0.0366. The van der Waals surface area contributed by atoms with Gasteiger partial charge in [0, 0.05) is 11.3 Å². The van der Waals surface area contributed by atoms with Crippen LogP contribution in [-0.2, 0) is 26.9 Å². The van der Waals surface area contributed by atoms with Crippen molar-refractivity contribution in [3.05, 3.63) is 46.0 Å². The van der Waals surface area contributed by atoms with Crippen molar-refractivity contribution in [3.63, 3.8) is 0 Å². The lowest BCUT2D eigenvalue weighted by atomic mass is 9.97. The molecule has 0 aliphatic heterocycles. The number of hydrogen-bond acceptors (Lipinski definition) is 5. The third-order valence-electron chi connectivity index (χ3n) is 4.09. The van der Waals surface area contributed by atoms with E-state index in [4.69, 9.17) is 4.74 Å². The van der Waals surface area contributed by atoms with Gasteiger partial charge in [0.15, 0.2) is 0 Å². The molecule has 0 aliphatic carbocycles. The van der Waals surface area contributed by atoms with Gasteiger partial charge in [0.05, 0.1) is 34.8 Å². The topological polar surface area (TPSA) is 98.5 Å². The highest BCUT2D eigenvalue weighted by molar-refractivity contribution is 7.84. The van der Waals surface area contributed by atoms with Gasteiger partial charge >= 0.3 is 5.97 Å². The third kappa shape index (κ3) is 8.62. The van der Waals surface area contributed by atoms with Crippen molar-refractivity contribution in [2.45, 2.75) is 70.2 Å². The van der Waals surface area contributed by atoms with Crippen molar-refractivity contribution in [2.24, 2.45) is 0 Å². The van der Waals surface area contributed by atoms with Crippen molar-refractivity contribution in [1.82, 2.24) is 4.72 Å². The van der Waals surface area contributed by atoms with Crippen molar-refractivity contribution < 1.29 is 18.7 Å². The molecule has 0 amide bonds. The standard InChI is InChI=1S/C19H30N2O5S/c1-5-26-18(22)14-13-17(21(23)24)16(20-27(25)19(2,3)4)12-11-15-9-7-6-8-10-15/h6-10,16-17,20H,5,11-14H2,1-4H3/t16-,17?,27?/m1/s1. The molecule has 1 aromatic carbocycles. The number of rotatable bonds is 11. The second-order valence-corrected chi connectivity index (χ2v) is 9.32. The molecule has 8 heteroatoms. The number of nitrogens with one attached hydrogen (secondary N) is 1. The van der Waals surface area contributed by atoms with Crippen LogP contribution < -0.4 is 4.72 Å². The summed E-state index contributed by atoms with van der Waals surface area (Å²) in [6.07, 6.45) is 1.06. The van der Waals surface area contributed by atoms with Gasteiger partial charge in [-0.2, -0.15) is 0 Å². The molecule has 0 aliphatic rings. The number of hydrogen-bond donors (Lipinski definition) is 1. The Balaban J connectivity index is 2.90. The molecule has 27 heavy (non-hydrogen) atoms. The molecule has 1 rings (SSSR count). The summed E-state index contributed by atoms with van der Waals surface area (Å²) in [7, 11) is -1.45. The lowest BCUT2D eigenvalue weighted by Gasteiger charge is -2.26. The Kier molecular flexibility index (Phi) is 9.59. The Hall–Kier alpha value is -1.80. The van der Waals surface area contributed by atoms with Gasteiger partial charge < -0.3 is 4.74 Å². The van der Waals surface area contributed by atoms with Gasteiger partial charge in [-0.3, -0.25) is 14.9 Å². The maximum absolute atomic E-state index is 12.5. The molecule has 0 aromatic heterocycles. The molecule has 0 bridgehead atoms. The predicted octanol–water partition coefficient (Wildman–Crippen LogP) is 3.03. The lowest BCUT2D eigenvalue weighted by molar-refractivity contribution is -0.527. The molecule has 3 atom stereocenters. The van der Waals surface area contributed by atoms with Crippen LogP contribution in [0, 0.1) is 10.1 Å². The van der Waals surface area contributed by atoms with Gasteiger partial charge in [-0.15, -0.1) is 0 Å². The Morgan fingerprint density at radius 1 is 1.26 bits per heavy atom. The van der Waals surface area contributed by atoms with Crippen LogP contribution in [0.3, 0.4) is 0 Å². The monoisotopic (exact) mass is 398 g/mol. The van der Waals surface area contributed by atoms with Gasteiger partial charge in [-0.25, -0.2) is 8.93 Å². The summed E-state index contributed by atoms with van der Waals surface area (Å²) in [5, 5.41) is 11.7. The first kappa shape index (κ1) is 23.2. The van der Waals surface area contributed by atoms with Crippen LogP contribution in [0.25, 0.3) is 0 Å². The Labute approximate surface area is 163 Å². The lowest BCUT2D eigenvalue weighted by Crippen LogP contribution is -2.49. The number of aryl methyl sites for hydroxylation is 1. The van der Waals surface area contributed by atoms with E-state index < -0.39 is 33.8 Å². The summed E-state index contributed by atoms with van der Waals surface area (Å²) >= 11 is 0. The van der Waals surface area contributed by atoms with Gasteiger partial charge in [0.2, 0.25) is 6.04 Å². The van der Waals surface area contributed by atoms with E-state index in [1.807, 2.05) is 51.1 Å². The number of carbonyl (C=O) groups excluding carboxylic acids is 1. The summed E-state index contributed by atoms with van der Waals surface area (Å²) < 4.78 is 19.8. The molecule has 0 heterocycles. The van der Waals surface area contributed by atoms with Crippen LogP contribution in [-0.4, -0.2) is 38.5 Å². The molecule has 0 fully saturated rings. The van der Waals surface area contributed by atoms with Gasteiger partial charge in [0.1, 0.15) is 0 Å². The number of nitro groups is 1. The van der Waals surface area contributed by atoms with E-state index in [0.29, 0.717) is 12.8 Å². The molecule has 2 unspecified atom stereocenters. The fourth-order valence-electron chi connectivity index (χ4n) is 2.56. The first-order valence-electron chi connectivity index (χ1n) is 9.16. The molecular weight excluding hydrogens is 368 g/mol. The fraction of sp³-hybridized carbons (Fsp3) is 0.632. The van der Waals surface area contributed by atoms with Gasteiger partial charge in [-0.05, 0) is 46.1 Å². The van der Waals surface area contributed by atoms with Crippen LogP contribution in [0.15, 0.2) is 30.3 Å². The van der Waals surface area contributed by atoms with E-state index in [1.165, 1.54) is 0 Å². The Morgan fingerprint density at radius 3 is 2.41 bits per heavy atom. The number of nitrogens with zero attached hydrogens (tertiary/aromatic N) is 1. The van der Waals surface area contributed by atoms with Crippen molar-refractivity contribution in [3.8, 4) is 0 Å². The molecular formula is C19H30N2O5S. The highest BCUT2D eigenvalue weighted by Gasteiger charge is 2.35. The smallest absolute Gasteiger partial charge is 0.306 e. The highest BCUT2D eigenvalue weighted by Crippen LogP contribution is 2.17. The highest BCUT2D eigenvalue weighted by atomic mass is 32.2. The predicted molar refractivity (Wildman–Crippen MR) is 106 cm³/mol. The molecule has 0 radical (unpaired) electrons. The molecule has 0 saturated heterocycles. The summed E-state index contributed by atoms with van der Waals surface area (Å²) in [6.45, 7) is 7.36. The number of ether oxygens (including phenoxy) is 1. The van der Waals surface area contributed by atoms with E-state index >= 15 is 0 Å². The average Bonchev–Trinajstić information content (AvgIpc) is 2.59. The van der Waals surface area contributed by atoms with E-state index in [2.05, 4.69) is 4.72 Å². The van der Waals surface area contributed by atoms with E-state index in [9.17, 15) is 19.1 Å². The largest absolute Gasteiger partial charge is 0.466 e. The third-order valence-corrected chi connectivity index (χ3v) is 5.72. The van der Waals surface area contributed by atoms with Crippen LogP contribution >= 0.6 is 0 Å². The Bertz CT molecular complexity index is 631. The van der Waals surface area contributed by atoms with E-state index in [0.717, 1.165) is 5.56 Å².